The van der Waals surface area contributed by atoms with Gasteiger partial charge in [0.2, 0.25) is 5.91 Å². The van der Waals surface area contributed by atoms with Gasteiger partial charge in [0.05, 0.1) is 5.41 Å². The highest BCUT2D eigenvalue weighted by molar-refractivity contribution is 5.83. The summed E-state index contributed by atoms with van der Waals surface area (Å²) in [5.74, 6) is -0.207. The zero-order valence-corrected chi connectivity index (χ0v) is 9.57. The maximum absolute atomic E-state index is 11.5. The highest BCUT2D eigenvalue weighted by atomic mass is 16.1. The molecular weight excluding hydrogens is 188 g/mol. The summed E-state index contributed by atoms with van der Waals surface area (Å²) < 4.78 is 0. The van der Waals surface area contributed by atoms with Crippen molar-refractivity contribution >= 4 is 5.91 Å². The van der Waals surface area contributed by atoms with E-state index in [1.165, 1.54) is 0 Å². The number of hydrogen-bond donors (Lipinski definition) is 1. The molecule has 1 rings (SSSR count). The summed E-state index contributed by atoms with van der Waals surface area (Å²) in [5, 5.41) is 0. The molecular formula is C12H20N2O. The quantitative estimate of drug-likeness (QED) is 0.740. The Morgan fingerprint density at radius 2 is 2.20 bits per heavy atom. The van der Waals surface area contributed by atoms with Crippen molar-refractivity contribution < 1.29 is 4.79 Å². The van der Waals surface area contributed by atoms with Gasteiger partial charge in [0, 0.05) is 0 Å². The summed E-state index contributed by atoms with van der Waals surface area (Å²) in [6, 6.07) is 0. The average molecular weight is 208 g/mol. The normalized spacial score (nSPS) is 24.7. The molecule has 1 atom stereocenters. The third-order valence-corrected chi connectivity index (χ3v) is 2.86. The van der Waals surface area contributed by atoms with Crippen LogP contribution in [0.15, 0.2) is 24.3 Å². The Morgan fingerprint density at radius 1 is 1.47 bits per heavy atom. The van der Waals surface area contributed by atoms with E-state index in [0.29, 0.717) is 0 Å². The number of carbonyl (C=O) groups excluding carboxylic acids is 1. The van der Waals surface area contributed by atoms with Crippen molar-refractivity contribution in [3.05, 3.63) is 24.3 Å². The Labute approximate surface area is 91.6 Å². The highest BCUT2D eigenvalue weighted by Crippen LogP contribution is 2.32. The van der Waals surface area contributed by atoms with Crippen LogP contribution < -0.4 is 5.73 Å². The van der Waals surface area contributed by atoms with Crippen LogP contribution in [-0.4, -0.2) is 31.4 Å². The lowest BCUT2D eigenvalue weighted by Crippen LogP contribution is -2.36. The van der Waals surface area contributed by atoms with E-state index in [4.69, 9.17) is 5.73 Å². The number of amides is 1. The fraction of sp³-hybridized carbons (Fsp3) is 0.583. The van der Waals surface area contributed by atoms with Crippen molar-refractivity contribution in [2.24, 2.45) is 11.1 Å². The van der Waals surface area contributed by atoms with Gasteiger partial charge in [-0.25, -0.2) is 0 Å². The van der Waals surface area contributed by atoms with E-state index in [1.54, 1.807) is 0 Å². The Bertz CT molecular complexity index is 281. The SMILES string of the molecule is CN(C)CCCC1(C(N)=O)C=CC=CC1. The molecule has 3 heteroatoms. The number of rotatable bonds is 5. The number of nitrogens with two attached hydrogens (primary N) is 1. The van der Waals surface area contributed by atoms with Gasteiger partial charge in [-0.2, -0.15) is 0 Å². The van der Waals surface area contributed by atoms with Crippen LogP contribution in [0.4, 0.5) is 0 Å². The van der Waals surface area contributed by atoms with E-state index in [0.717, 1.165) is 25.8 Å². The molecule has 1 aliphatic carbocycles. The Balaban J connectivity index is 2.55. The Morgan fingerprint density at radius 3 is 2.67 bits per heavy atom. The molecule has 0 saturated carbocycles. The van der Waals surface area contributed by atoms with Gasteiger partial charge in [0.1, 0.15) is 0 Å². The minimum Gasteiger partial charge on any atom is -0.369 e. The predicted molar refractivity (Wildman–Crippen MR) is 62.3 cm³/mol. The number of nitrogens with zero attached hydrogens (tertiary/aromatic N) is 1. The minimum absolute atomic E-state index is 0.207. The van der Waals surface area contributed by atoms with Crippen molar-refractivity contribution in [1.29, 1.82) is 0 Å². The zero-order valence-electron chi connectivity index (χ0n) is 9.57. The van der Waals surface area contributed by atoms with Crippen LogP contribution in [0.2, 0.25) is 0 Å². The van der Waals surface area contributed by atoms with Crippen LogP contribution in [0.5, 0.6) is 0 Å². The van der Waals surface area contributed by atoms with Gasteiger partial charge < -0.3 is 10.6 Å². The molecule has 0 fully saturated rings. The third-order valence-electron chi connectivity index (χ3n) is 2.86. The monoisotopic (exact) mass is 208 g/mol. The molecule has 0 saturated heterocycles. The van der Waals surface area contributed by atoms with E-state index in [2.05, 4.69) is 4.90 Å². The zero-order chi connectivity index (χ0) is 11.3. The lowest BCUT2D eigenvalue weighted by atomic mass is 9.77. The van der Waals surface area contributed by atoms with E-state index in [1.807, 2.05) is 38.4 Å². The smallest absolute Gasteiger partial charge is 0.227 e. The van der Waals surface area contributed by atoms with E-state index < -0.39 is 5.41 Å². The lowest BCUT2D eigenvalue weighted by molar-refractivity contribution is -0.125. The molecule has 1 amide bonds. The van der Waals surface area contributed by atoms with E-state index in [-0.39, 0.29) is 5.91 Å². The number of primary amides is 1. The first-order chi connectivity index (χ1) is 7.07. The fourth-order valence-corrected chi connectivity index (χ4v) is 1.87. The summed E-state index contributed by atoms with van der Waals surface area (Å²) in [4.78, 5) is 13.6. The molecule has 0 aliphatic heterocycles. The van der Waals surface area contributed by atoms with Gasteiger partial charge in [0.15, 0.2) is 0 Å². The second kappa shape index (κ2) is 5.12. The lowest BCUT2D eigenvalue weighted by Gasteiger charge is -2.28. The second-order valence-corrected chi connectivity index (χ2v) is 4.42. The molecule has 0 aromatic heterocycles. The van der Waals surface area contributed by atoms with Crippen molar-refractivity contribution in [2.45, 2.75) is 19.3 Å². The molecule has 0 radical (unpaired) electrons. The average Bonchev–Trinajstić information content (AvgIpc) is 2.18. The summed E-state index contributed by atoms with van der Waals surface area (Å²) in [6.07, 6.45) is 10.4. The van der Waals surface area contributed by atoms with Crippen LogP contribution in [0.1, 0.15) is 19.3 Å². The molecule has 2 N–H and O–H groups in total. The molecule has 15 heavy (non-hydrogen) atoms. The fourth-order valence-electron chi connectivity index (χ4n) is 1.87. The molecule has 0 aromatic carbocycles. The first-order valence-electron chi connectivity index (χ1n) is 5.36. The van der Waals surface area contributed by atoms with Gasteiger partial charge in [-0.3, -0.25) is 4.79 Å². The first kappa shape index (κ1) is 12.0. The number of carbonyl (C=O) groups is 1. The van der Waals surface area contributed by atoms with Gasteiger partial charge in [0.25, 0.3) is 0 Å². The molecule has 0 heterocycles. The van der Waals surface area contributed by atoms with Crippen LogP contribution >= 0.6 is 0 Å². The molecule has 1 aliphatic rings. The maximum atomic E-state index is 11.5. The first-order valence-corrected chi connectivity index (χ1v) is 5.36. The molecule has 84 valence electrons. The van der Waals surface area contributed by atoms with Crippen LogP contribution in [0, 0.1) is 5.41 Å². The van der Waals surface area contributed by atoms with Crippen molar-refractivity contribution in [2.75, 3.05) is 20.6 Å². The van der Waals surface area contributed by atoms with Gasteiger partial charge in [-0.15, -0.1) is 0 Å². The van der Waals surface area contributed by atoms with E-state index in [9.17, 15) is 4.79 Å². The standard InChI is InChI=1S/C12H20N2O/c1-14(2)10-6-9-12(11(13)15)7-4-3-5-8-12/h3-5,7H,6,8-10H2,1-2H3,(H2,13,15). The molecule has 0 aromatic rings. The summed E-state index contributed by atoms with van der Waals surface area (Å²) in [5.41, 5.74) is 5.04. The van der Waals surface area contributed by atoms with Crippen LogP contribution in [-0.2, 0) is 4.79 Å². The Hall–Kier alpha value is -1.09. The summed E-state index contributed by atoms with van der Waals surface area (Å²) >= 11 is 0. The van der Waals surface area contributed by atoms with E-state index >= 15 is 0 Å². The van der Waals surface area contributed by atoms with Gasteiger partial charge in [-0.05, 0) is 39.9 Å². The predicted octanol–water partition coefficient (Wildman–Crippen LogP) is 1.32. The number of hydrogen-bond acceptors (Lipinski definition) is 2. The summed E-state index contributed by atoms with van der Waals surface area (Å²) in [7, 11) is 4.07. The van der Waals surface area contributed by atoms with Gasteiger partial charge >= 0.3 is 0 Å². The van der Waals surface area contributed by atoms with Crippen molar-refractivity contribution in [3.63, 3.8) is 0 Å². The van der Waals surface area contributed by atoms with Crippen molar-refractivity contribution in [1.82, 2.24) is 4.90 Å². The summed E-state index contributed by atoms with van der Waals surface area (Å²) in [6.45, 7) is 0.993. The number of allylic oxidation sites excluding steroid dienone is 3. The van der Waals surface area contributed by atoms with Gasteiger partial charge in [-0.1, -0.05) is 24.3 Å². The highest BCUT2D eigenvalue weighted by Gasteiger charge is 2.32. The molecule has 0 bridgehead atoms. The van der Waals surface area contributed by atoms with Crippen LogP contribution in [0.25, 0.3) is 0 Å². The topological polar surface area (TPSA) is 46.3 Å². The molecule has 1 unspecified atom stereocenters. The Kier molecular flexibility index (Phi) is 4.09. The minimum atomic E-state index is -0.440. The van der Waals surface area contributed by atoms with Crippen molar-refractivity contribution in [3.8, 4) is 0 Å². The molecule has 3 nitrogen and oxygen atoms in total. The van der Waals surface area contributed by atoms with Crippen LogP contribution in [0.3, 0.4) is 0 Å². The third kappa shape index (κ3) is 3.20. The largest absolute Gasteiger partial charge is 0.369 e. The second-order valence-electron chi connectivity index (χ2n) is 4.42. The maximum Gasteiger partial charge on any atom is 0.227 e. The molecule has 0 spiro atoms.